The molecule has 0 radical (unpaired) electrons. The SMILES string of the molecule is CC.CC.Cc1cc(N)c2nn(C)cc2c1. The van der Waals surface area contributed by atoms with Crippen molar-refractivity contribution < 1.29 is 0 Å². The summed E-state index contributed by atoms with van der Waals surface area (Å²) in [7, 11) is 1.90. The molecule has 1 aromatic heterocycles. The molecule has 0 spiro atoms. The van der Waals surface area contributed by atoms with Crippen LogP contribution in [0.15, 0.2) is 18.3 Å². The Hall–Kier alpha value is -1.51. The van der Waals surface area contributed by atoms with Gasteiger partial charge in [0.25, 0.3) is 0 Å². The summed E-state index contributed by atoms with van der Waals surface area (Å²) in [5.74, 6) is 0. The van der Waals surface area contributed by atoms with E-state index in [0.717, 1.165) is 16.6 Å². The number of rotatable bonds is 0. The van der Waals surface area contributed by atoms with Crippen LogP contribution in [-0.2, 0) is 7.05 Å². The number of anilines is 1. The molecule has 3 nitrogen and oxygen atoms in total. The van der Waals surface area contributed by atoms with Gasteiger partial charge in [-0.05, 0) is 24.6 Å². The van der Waals surface area contributed by atoms with Crippen LogP contribution in [0, 0.1) is 6.92 Å². The van der Waals surface area contributed by atoms with Crippen LogP contribution in [0.2, 0.25) is 0 Å². The van der Waals surface area contributed by atoms with E-state index in [1.807, 2.05) is 53.9 Å². The third-order valence-corrected chi connectivity index (χ3v) is 1.90. The number of hydrogen-bond donors (Lipinski definition) is 1. The molecule has 0 aliphatic heterocycles. The van der Waals surface area contributed by atoms with Crippen molar-refractivity contribution in [2.75, 3.05) is 5.73 Å². The number of hydrogen-bond acceptors (Lipinski definition) is 2. The number of fused-ring (bicyclic) bond motifs is 1. The minimum absolute atomic E-state index is 0.755. The summed E-state index contributed by atoms with van der Waals surface area (Å²) >= 11 is 0. The van der Waals surface area contributed by atoms with E-state index in [1.54, 1.807) is 4.68 Å². The first-order valence-corrected chi connectivity index (χ1v) is 5.86. The monoisotopic (exact) mass is 221 g/mol. The number of nitrogens with two attached hydrogens (primary N) is 1. The van der Waals surface area contributed by atoms with E-state index in [-0.39, 0.29) is 0 Å². The molecule has 1 heterocycles. The van der Waals surface area contributed by atoms with Crippen LogP contribution in [0.3, 0.4) is 0 Å². The van der Waals surface area contributed by atoms with E-state index < -0.39 is 0 Å². The van der Waals surface area contributed by atoms with Gasteiger partial charge in [0.05, 0.1) is 5.69 Å². The van der Waals surface area contributed by atoms with E-state index in [2.05, 4.69) is 11.2 Å². The Bertz CT molecular complexity index is 430. The normalized spacial score (nSPS) is 8.88. The van der Waals surface area contributed by atoms with Gasteiger partial charge in [0.15, 0.2) is 0 Å². The average molecular weight is 221 g/mol. The van der Waals surface area contributed by atoms with Gasteiger partial charge in [-0.3, -0.25) is 4.68 Å². The zero-order valence-electron chi connectivity index (χ0n) is 11.2. The third kappa shape index (κ3) is 3.26. The lowest BCUT2D eigenvalue weighted by atomic mass is 10.1. The predicted molar refractivity (Wildman–Crippen MR) is 72.6 cm³/mol. The number of aromatic nitrogens is 2. The molecule has 16 heavy (non-hydrogen) atoms. The number of aryl methyl sites for hydroxylation is 2. The molecule has 2 N–H and O–H groups in total. The summed E-state index contributed by atoms with van der Waals surface area (Å²) < 4.78 is 1.78. The van der Waals surface area contributed by atoms with Crippen LogP contribution in [-0.4, -0.2) is 9.78 Å². The largest absolute Gasteiger partial charge is 0.397 e. The van der Waals surface area contributed by atoms with Crippen LogP contribution in [0.5, 0.6) is 0 Å². The zero-order valence-corrected chi connectivity index (χ0v) is 11.2. The molecule has 0 atom stereocenters. The molecule has 0 fully saturated rings. The smallest absolute Gasteiger partial charge is 0.115 e. The molecule has 2 rings (SSSR count). The third-order valence-electron chi connectivity index (χ3n) is 1.90. The minimum Gasteiger partial charge on any atom is -0.397 e. The molecule has 0 aliphatic carbocycles. The van der Waals surface area contributed by atoms with Crippen LogP contribution < -0.4 is 5.73 Å². The lowest BCUT2D eigenvalue weighted by Crippen LogP contribution is -1.89. The van der Waals surface area contributed by atoms with E-state index >= 15 is 0 Å². The molecule has 0 aliphatic rings. The van der Waals surface area contributed by atoms with Crippen LogP contribution in [0.25, 0.3) is 10.9 Å². The molecule has 0 bridgehead atoms. The van der Waals surface area contributed by atoms with Crippen molar-refractivity contribution >= 4 is 16.6 Å². The highest BCUT2D eigenvalue weighted by atomic mass is 15.2. The summed E-state index contributed by atoms with van der Waals surface area (Å²) in [4.78, 5) is 0. The van der Waals surface area contributed by atoms with Gasteiger partial charge in [-0.1, -0.05) is 27.7 Å². The fraction of sp³-hybridized carbons (Fsp3) is 0.462. The van der Waals surface area contributed by atoms with Gasteiger partial charge >= 0.3 is 0 Å². The maximum absolute atomic E-state index is 5.79. The fourth-order valence-corrected chi connectivity index (χ4v) is 1.44. The second-order valence-corrected chi connectivity index (χ2v) is 3.09. The van der Waals surface area contributed by atoms with E-state index in [0.29, 0.717) is 0 Å². The highest BCUT2D eigenvalue weighted by Crippen LogP contribution is 2.20. The van der Waals surface area contributed by atoms with Crippen molar-refractivity contribution in [1.82, 2.24) is 9.78 Å². The molecular formula is C13H23N3. The maximum Gasteiger partial charge on any atom is 0.115 e. The Morgan fingerprint density at radius 2 is 1.69 bits per heavy atom. The average Bonchev–Trinajstić information content (AvgIpc) is 2.65. The van der Waals surface area contributed by atoms with Crippen molar-refractivity contribution in [3.63, 3.8) is 0 Å². The van der Waals surface area contributed by atoms with Crippen LogP contribution in [0.4, 0.5) is 5.69 Å². The standard InChI is InChI=1S/C9H11N3.2C2H6/c1-6-3-7-5-12(2)11-9(7)8(10)4-6;2*1-2/h3-5H,10H2,1-2H3;2*1-2H3. The minimum atomic E-state index is 0.755. The van der Waals surface area contributed by atoms with Gasteiger partial charge in [-0.2, -0.15) is 5.10 Å². The first-order valence-electron chi connectivity index (χ1n) is 5.86. The Morgan fingerprint density at radius 1 is 1.12 bits per heavy atom. The first-order chi connectivity index (χ1) is 7.66. The van der Waals surface area contributed by atoms with Crippen molar-refractivity contribution in [2.24, 2.45) is 7.05 Å². The zero-order chi connectivity index (χ0) is 12.7. The van der Waals surface area contributed by atoms with Gasteiger partial charge < -0.3 is 5.73 Å². The summed E-state index contributed by atoms with van der Waals surface area (Å²) in [5.41, 5.74) is 8.62. The first kappa shape index (κ1) is 14.5. The number of nitrogens with zero attached hydrogens (tertiary/aromatic N) is 2. The molecule has 3 heteroatoms. The Balaban J connectivity index is 0.000000509. The number of nitrogen functional groups attached to an aromatic ring is 1. The quantitative estimate of drug-likeness (QED) is 0.692. The van der Waals surface area contributed by atoms with Crippen LogP contribution >= 0.6 is 0 Å². The maximum atomic E-state index is 5.79. The molecule has 0 unspecified atom stereocenters. The Labute approximate surface area is 98.3 Å². The van der Waals surface area contributed by atoms with Crippen LogP contribution in [0.1, 0.15) is 33.3 Å². The Morgan fingerprint density at radius 3 is 2.25 bits per heavy atom. The van der Waals surface area contributed by atoms with E-state index in [1.165, 1.54) is 5.56 Å². The molecule has 0 saturated carbocycles. The molecule has 1 aromatic carbocycles. The summed E-state index contributed by atoms with van der Waals surface area (Å²) in [5, 5.41) is 5.35. The van der Waals surface area contributed by atoms with Gasteiger partial charge in [-0.15, -0.1) is 0 Å². The molecule has 0 amide bonds. The van der Waals surface area contributed by atoms with Crippen molar-refractivity contribution in [2.45, 2.75) is 34.6 Å². The van der Waals surface area contributed by atoms with E-state index in [4.69, 9.17) is 5.73 Å². The number of benzene rings is 1. The molecule has 90 valence electrons. The van der Waals surface area contributed by atoms with Gasteiger partial charge in [0, 0.05) is 18.6 Å². The van der Waals surface area contributed by atoms with Crippen molar-refractivity contribution in [1.29, 1.82) is 0 Å². The van der Waals surface area contributed by atoms with Crippen molar-refractivity contribution in [3.05, 3.63) is 23.9 Å². The predicted octanol–water partition coefficient (Wildman–Crippen LogP) is 3.52. The van der Waals surface area contributed by atoms with Gasteiger partial charge in [0.2, 0.25) is 0 Å². The highest BCUT2D eigenvalue weighted by molar-refractivity contribution is 5.89. The summed E-state index contributed by atoms with van der Waals surface area (Å²) in [6.45, 7) is 10.0. The summed E-state index contributed by atoms with van der Waals surface area (Å²) in [6, 6.07) is 4.02. The topological polar surface area (TPSA) is 43.8 Å². The van der Waals surface area contributed by atoms with E-state index in [9.17, 15) is 0 Å². The molecule has 0 saturated heterocycles. The highest BCUT2D eigenvalue weighted by Gasteiger charge is 2.02. The lowest BCUT2D eigenvalue weighted by molar-refractivity contribution is 0.780. The molecule has 2 aromatic rings. The second kappa shape index (κ2) is 6.88. The fourth-order valence-electron chi connectivity index (χ4n) is 1.44. The second-order valence-electron chi connectivity index (χ2n) is 3.09. The lowest BCUT2D eigenvalue weighted by Gasteiger charge is -1.95. The Kier molecular flexibility index (Phi) is 6.23. The molecular weight excluding hydrogens is 198 g/mol. The van der Waals surface area contributed by atoms with Crippen molar-refractivity contribution in [3.8, 4) is 0 Å². The van der Waals surface area contributed by atoms with Gasteiger partial charge in [-0.25, -0.2) is 0 Å². The summed E-state index contributed by atoms with van der Waals surface area (Å²) in [6.07, 6.45) is 1.97. The van der Waals surface area contributed by atoms with Gasteiger partial charge in [0.1, 0.15) is 5.52 Å².